The summed E-state index contributed by atoms with van der Waals surface area (Å²) in [5, 5.41) is 12.4. The predicted molar refractivity (Wildman–Crippen MR) is 111 cm³/mol. The Balaban J connectivity index is 0.00000320. The van der Waals surface area contributed by atoms with Crippen molar-refractivity contribution in [3.63, 3.8) is 0 Å². The second-order valence-corrected chi connectivity index (χ2v) is 8.80. The molecule has 3 rings (SSSR count). The fraction of sp³-hybridized carbons (Fsp3) is 0.417. The van der Waals surface area contributed by atoms with Gasteiger partial charge in [0.05, 0.1) is 17.1 Å². The van der Waals surface area contributed by atoms with Crippen LogP contribution in [0.2, 0.25) is 0 Å². The summed E-state index contributed by atoms with van der Waals surface area (Å²) in [6, 6.07) is 17.5. The van der Waals surface area contributed by atoms with Crippen molar-refractivity contribution in [2.24, 2.45) is 5.92 Å². The molecule has 1 saturated heterocycles. The number of ether oxygens (including phenoxy) is 1. The van der Waals surface area contributed by atoms with Gasteiger partial charge in [0.15, 0.2) is 0 Å². The van der Waals surface area contributed by atoms with Gasteiger partial charge in [0.2, 0.25) is 5.91 Å². The minimum atomic E-state index is -1.05. The number of carboxylic acid groups (broad SMARTS) is 1. The maximum atomic E-state index is 12.8. The smallest absolute Gasteiger partial charge is 0.480 e. The van der Waals surface area contributed by atoms with Crippen LogP contribution >= 0.6 is 0 Å². The fourth-order valence-electron chi connectivity index (χ4n) is 4.07. The number of carbonyl (C=O) groups excluding carboxylic acids is 1. The minimum absolute atomic E-state index is 0. The van der Waals surface area contributed by atoms with Gasteiger partial charge in [-0.15, -0.1) is 35.9 Å². The molecule has 0 aliphatic carbocycles. The van der Waals surface area contributed by atoms with Gasteiger partial charge < -0.3 is 15.2 Å². The van der Waals surface area contributed by atoms with E-state index in [4.69, 9.17) is 4.74 Å². The van der Waals surface area contributed by atoms with Crippen LogP contribution in [0.25, 0.3) is 11.1 Å². The van der Waals surface area contributed by atoms with Crippen LogP contribution in [0.1, 0.15) is 39.7 Å². The van der Waals surface area contributed by atoms with Gasteiger partial charge in [-0.1, -0.05) is 29.8 Å². The van der Waals surface area contributed by atoms with Gasteiger partial charge in [0.1, 0.15) is 6.04 Å². The number of nitrogens with one attached hydrogen (secondary N) is 1. The fourth-order valence-corrected chi connectivity index (χ4v) is 4.07. The number of amides is 1. The molecule has 0 saturated carbocycles. The van der Waals surface area contributed by atoms with E-state index < -0.39 is 29.1 Å². The molecule has 5 nitrogen and oxygen atoms in total. The zero-order valence-electron chi connectivity index (χ0n) is 18.4. The molecule has 1 aliphatic heterocycles. The van der Waals surface area contributed by atoms with Crippen LogP contribution in [0.5, 0.6) is 0 Å². The molecule has 1 fully saturated rings. The molecule has 2 N–H and O–H groups in total. The zero-order valence-corrected chi connectivity index (χ0v) is 23.3. The van der Waals surface area contributed by atoms with Crippen molar-refractivity contribution in [3.8, 4) is 11.1 Å². The number of benzene rings is 2. The summed E-state index contributed by atoms with van der Waals surface area (Å²) in [4.78, 5) is 24.6. The molecule has 2 aromatic rings. The van der Waals surface area contributed by atoms with E-state index in [9.17, 15) is 14.7 Å². The van der Waals surface area contributed by atoms with E-state index in [1.54, 1.807) is 0 Å². The van der Waals surface area contributed by atoms with E-state index in [1.807, 2.05) is 76.2 Å². The monoisotopic (exact) mass is 479 g/mol. The van der Waals surface area contributed by atoms with Gasteiger partial charge in [0.25, 0.3) is 0 Å². The van der Waals surface area contributed by atoms with Crippen molar-refractivity contribution in [1.29, 1.82) is 0 Å². The summed E-state index contributed by atoms with van der Waals surface area (Å²) in [6.45, 7) is 7.65. The van der Waals surface area contributed by atoms with Crippen molar-refractivity contribution in [2.75, 3.05) is 0 Å². The number of hydrogen-bond acceptors (Lipinski definition) is 3. The molecule has 154 valence electrons. The third kappa shape index (κ3) is 6.33. The number of carbonyl (C=O) groups is 2. The maximum absolute atomic E-state index is 12.8. The molecular weight excluding hydrogens is 452 g/mol. The molecule has 30 heavy (non-hydrogen) atoms. The summed E-state index contributed by atoms with van der Waals surface area (Å²) in [6.07, 6.45) is 0.775. The molecule has 1 heterocycles. The largest absolute Gasteiger partial charge is 1.00 e. The molecule has 0 bridgehead atoms. The van der Waals surface area contributed by atoms with E-state index in [1.165, 1.54) is 0 Å². The topological polar surface area (TPSA) is 75.6 Å². The van der Waals surface area contributed by atoms with E-state index in [0.29, 0.717) is 6.42 Å². The molecule has 2 atom stereocenters. The summed E-state index contributed by atoms with van der Waals surface area (Å²) >= 11 is 0. The molecule has 1 aliphatic rings. The molecule has 0 spiro atoms. The second-order valence-electron chi connectivity index (χ2n) is 8.80. The van der Waals surface area contributed by atoms with Gasteiger partial charge in [0, 0.05) is 6.42 Å². The zero-order chi connectivity index (χ0) is 21.2. The second kappa shape index (κ2) is 10.2. The van der Waals surface area contributed by atoms with Gasteiger partial charge in [-0.05, 0) is 39.7 Å². The van der Waals surface area contributed by atoms with Gasteiger partial charge >= 0.3 is 64.2 Å². The Bertz CT molecular complexity index is 878. The van der Waals surface area contributed by atoms with Crippen LogP contribution in [0.15, 0.2) is 48.5 Å². The van der Waals surface area contributed by atoms with Gasteiger partial charge in [-0.2, -0.15) is 0 Å². The van der Waals surface area contributed by atoms with Crippen LogP contribution in [0, 0.1) is 12.0 Å². The summed E-state index contributed by atoms with van der Waals surface area (Å²) < 4.78 is 5.97. The molecule has 1 amide bonds. The van der Waals surface area contributed by atoms with Crippen molar-refractivity contribution >= 4 is 11.9 Å². The predicted octanol–water partition coefficient (Wildman–Crippen LogP) is 0.863. The van der Waals surface area contributed by atoms with Gasteiger partial charge in [-0.25, -0.2) is 4.79 Å². The third-order valence-corrected chi connectivity index (χ3v) is 5.42. The quantitative estimate of drug-likeness (QED) is 0.603. The average Bonchev–Trinajstić information content (AvgIpc) is 2.89. The normalized spacial score (nSPS) is 20.1. The molecule has 2 aromatic carbocycles. The first kappa shape index (κ1) is 25.4. The number of rotatable bonds is 6. The van der Waals surface area contributed by atoms with Crippen molar-refractivity contribution in [3.05, 3.63) is 60.2 Å². The summed E-state index contributed by atoms with van der Waals surface area (Å²) in [5.41, 5.74) is 1.80. The Hall–Kier alpha value is -0.855. The van der Waals surface area contributed by atoms with Crippen LogP contribution in [0.4, 0.5) is 0 Å². The molecule has 0 aromatic heterocycles. The molecule has 1 unspecified atom stereocenters. The van der Waals surface area contributed by atoms with Gasteiger partial charge in [-0.3, -0.25) is 4.79 Å². The third-order valence-electron chi connectivity index (χ3n) is 5.42. The van der Waals surface area contributed by atoms with Crippen molar-refractivity contribution < 1.29 is 77.6 Å². The van der Waals surface area contributed by atoms with E-state index in [2.05, 4.69) is 11.4 Å². The number of aliphatic carboxylic acids is 1. The average molecular weight is 480 g/mol. The SMILES string of the molecule is CC1(C)CC(C(=O)N[C@@H](Cc2ccc(-c3[c-]cccc3)cc2)C(=O)O)C(C)(C)O1.[Rb+]. The molecule has 0 radical (unpaired) electrons. The first-order valence-corrected chi connectivity index (χ1v) is 9.87. The Morgan fingerprint density at radius 3 is 2.33 bits per heavy atom. The number of hydrogen-bond donors (Lipinski definition) is 2. The van der Waals surface area contributed by atoms with E-state index in [-0.39, 0.29) is 70.5 Å². The first-order valence-electron chi connectivity index (χ1n) is 9.87. The van der Waals surface area contributed by atoms with Crippen LogP contribution < -0.4 is 63.5 Å². The summed E-state index contributed by atoms with van der Waals surface area (Å²) in [5.74, 6) is -1.71. The van der Waals surface area contributed by atoms with E-state index >= 15 is 0 Å². The number of carboxylic acids is 1. The standard InChI is InChI=1S/C24H28NO4.Rb/c1-23(2)15-19(24(3,4)29-23)21(26)25-20(22(27)28)14-16-10-12-18(13-11-16)17-8-6-5-7-9-17;/h5-8,10-13,19-20H,14-15H2,1-4H3,(H,25,26)(H,27,28);/q-1;+1/t19?,20-;/m0./s1. The summed E-state index contributed by atoms with van der Waals surface area (Å²) in [7, 11) is 0. The van der Waals surface area contributed by atoms with E-state index in [0.717, 1.165) is 16.7 Å². The van der Waals surface area contributed by atoms with Crippen molar-refractivity contribution in [2.45, 2.75) is 57.8 Å². The Kier molecular flexibility index (Phi) is 8.62. The maximum Gasteiger partial charge on any atom is 1.00 e. The van der Waals surface area contributed by atoms with Crippen LogP contribution in [0.3, 0.4) is 0 Å². The minimum Gasteiger partial charge on any atom is -0.480 e. The Labute approximate surface area is 227 Å². The van der Waals surface area contributed by atoms with Crippen LogP contribution in [-0.4, -0.2) is 34.2 Å². The Morgan fingerprint density at radius 1 is 1.17 bits per heavy atom. The molecule has 6 heteroatoms. The van der Waals surface area contributed by atoms with Crippen LogP contribution in [-0.2, 0) is 20.7 Å². The first-order chi connectivity index (χ1) is 13.6. The Morgan fingerprint density at radius 2 is 1.83 bits per heavy atom. The van der Waals surface area contributed by atoms with Crippen molar-refractivity contribution in [1.82, 2.24) is 5.32 Å². The molecular formula is C24H28NO4Rb.